The summed E-state index contributed by atoms with van der Waals surface area (Å²) < 4.78 is 0. The first kappa shape index (κ1) is 13.1. The highest BCUT2D eigenvalue weighted by Gasteiger charge is 2.39. The summed E-state index contributed by atoms with van der Waals surface area (Å²) in [6, 6.07) is 0. The van der Waals surface area contributed by atoms with Gasteiger partial charge < -0.3 is 0 Å². The standard InChI is InChI=1S/C11H14N2O4S/c1-18-7-6-10(16)13(11(7)17)5-4-12-8(14)2-3-9(12)15/h7H,2-6H2,1H3. The lowest BCUT2D eigenvalue weighted by molar-refractivity contribution is -0.143. The number of amides is 4. The van der Waals surface area contributed by atoms with Crippen molar-refractivity contribution >= 4 is 35.4 Å². The monoisotopic (exact) mass is 270 g/mol. The molecule has 7 heteroatoms. The first-order chi connectivity index (χ1) is 8.54. The van der Waals surface area contributed by atoms with E-state index in [4.69, 9.17) is 0 Å². The van der Waals surface area contributed by atoms with Crippen molar-refractivity contribution in [2.45, 2.75) is 24.5 Å². The van der Waals surface area contributed by atoms with E-state index < -0.39 is 0 Å². The van der Waals surface area contributed by atoms with Crippen molar-refractivity contribution in [3.05, 3.63) is 0 Å². The van der Waals surface area contributed by atoms with Crippen molar-refractivity contribution in [2.75, 3.05) is 19.3 Å². The predicted molar refractivity (Wildman–Crippen MR) is 64.6 cm³/mol. The van der Waals surface area contributed by atoms with E-state index in [1.54, 1.807) is 6.26 Å². The van der Waals surface area contributed by atoms with Gasteiger partial charge in [-0.3, -0.25) is 29.0 Å². The Balaban J connectivity index is 1.94. The first-order valence-corrected chi connectivity index (χ1v) is 7.03. The van der Waals surface area contributed by atoms with E-state index in [1.807, 2.05) is 0 Å². The predicted octanol–water partition coefficient (Wildman–Crippen LogP) is -0.374. The summed E-state index contributed by atoms with van der Waals surface area (Å²) in [6.07, 6.45) is 2.46. The van der Waals surface area contributed by atoms with Crippen LogP contribution in [0.4, 0.5) is 0 Å². The molecular weight excluding hydrogens is 256 g/mol. The molecular formula is C11H14N2O4S. The Morgan fingerprint density at radius 1 is 1.00 bits per heavy atom. The van der Waals surface area contributed by atoms with Gasteiger partial charge in [0.05, 0.1) is 5.25 Å². The summed E-state index contributed by atoms with van der Waals surface area (Å²) in [7, 11) is 0. The fourth-order valence-corrected chi connectivity index (χ4v) is 2.78. The minimum absolute atomic E-state index is 0.117. The molecule has 98 valence electrons. The van der Waals surface area contributed by atoms with Crippen LogP contribution in [0.2, 0.25) is 0 Å². The SMILES string of the molecule is CSC1CC(=O)N(CCN2C(=O)CCC2=O)C1=O. The van der Waals surface area contributed by atoms with Gasteiger partial charge in [-0.1, -0.05) is 0 Å². The molecule has 2 saturated heterocycles. The van der Waals surface area contributed by atoms with E-state index in [0.29, 0.717) is 0 Å². The van der Waals surface area contributed by atoms with Crippen LogP contribution >= 0.6 is 11.8 Å². The zero-order valence-electron chi connectivity index (χ0n) is 10.0. The van der Waals surface area contributed by atoms with E-state index in [0.717, 1.165) is 9.80 Å². The van der Waals surface area contributed by atoms with Crippen LogP contribution in [0.25, 0.3) is 0 Å². The first-order valence-electron chi connectivity index (χ1n) is 5.74. The topological polar surface area (TPSA) is 74.8 Å². The summed E-state index contributed by atoms with van der Waals surface area (Å²) in [4.78, 5) is 48.5. The average molecular weight is 270 g/mol. The summed E-state index contributed by atoms with van der Waals surface area (Å²) >= 11 is 1.35. The lowest BCUT2D eigenvalue weighted by Crippen LogP contribution is -2.40. The number of thioether (sulfide) groups is 1. The quantitative estimate of drug-likeness (QED) is 0.651. The van der Waals surface area contributed by atoms with E-state index >= 15 is 0 Å². The third-order valence-corrected chi connectivity index (χ3v) is 4.13. The number of carbonyl (C=O) groups is 4. The Kier molecular flexibility index (Phi) is 3.70. The zero-order valence-corrected chi connectivity index (χ0v) is 10.9. The van der Waals surface area contributed by atoms with Gasteiger partial charge in [-0.05, 0) is 6.26 Å². The molecule has 2 rings (SSSR count). The minimum atomic E-state index is -0.317. The fourth-order valence-electron chi connectivity index (χ4n) is 2.14. The van der Waals surface area contributed by atoms with E-state index in [1.165, 1.54) is 11.8 Å². The van der Waals surface area contributed by atoms with Crippen LogP contribution < -0.4 is 0 Å². The second-order valence-corrected chi connectivity index (χ2v) is 5.29. The molecule has 1 unspecified atom stereocenters. The Labute approximate surface area is 109 Å². The smallest absolute Gasteiger partial charge is 0.242 e. The summed E-state index contributed by atoms with van der Waals surface area (Å²) in [5.74, 6) is -0.883. The molecule has 2 heterocycles. The van der Waals surface area contributed by atoms with E-state index in [9.17, 15) is 19.2 Å². The number of hydrogen-bond acceptors (Lipinski definition) is 5. The van der Waals surface area contributed by atoms with Crippen LogP contribution in [0.5, 0.6) is 0 Å². The third-order valence-electron chi connectivity index (χ3n) is 3.19. The second kappa shape index (κ2) is 5.09. The lowest BCUT2D eigenvalue weighted by Gasteiger charge is -2.19. The number of imide groups is 2. The maximum Gasteiger partial charge on any atom is 0.242 e. The van der Waals surface area contributed by atoms with Crippen molar-refractivity contribution in [2.24, 2.45) is 0 Å². The summed E-state index contributed by atoms with van der Waals surface area (Å²) in [6.45, 7) is 0.239. The molecule has 1 atom stereocenters. The van der Waals surface area contributed by atoms with Crippen LogP contribution in [0, 0.1) is 0 Å². The van der Waals surface area contributed by atoms with Gasteiger partial charge in [-0.15, -0.1) is 0 Å². The molecule has 2 fully saturated rings. The second-order valence-electron chi connectivity index (χ2n) is 4.25. The molecule has 0 spiro atoms. The minimum Gasteiger partial charge on any atom is -0.281 e. The van der Waals surface area contributed by atoms with Gasteiger partial charge in [0.15, 0.2) is 0 Å². The number of hydrogen-bond donors (Lipinski definition) is 0. The molecule has 6 nitrogen and oxygen atoms in total. The summed E-state index contributed by atoms with van der Waals surface area (Å²) in [5, 5.41) is -0.317. The van der Waals surface area contributed by atoms with Crippen molar-refractivity contribution in [3.63, 3.8) is 0 Å². The fraction of sp³-hybridized carbons (Fsp3) is 0.636. The molecule has 0 N–H and O–H groups in total. The number of nitrogens with zero attached hydrogens (tertiary/aromatic N) is 2. The molecule has 0 aromatic rings. The molecule has 0 saturated carbocycles. The number of rotatable bonds is 4. The van der Waals surface area contributed by atoms with Crippen LogP contribution in [-0.4, -0.2) is 58.0 Å². The van der Waals surface area contributed by atoms with Gasteiger partial charge in [0, 0.05) is 32.4 Å². The van der Waals surface area contributed by atoms with Crippen LogP contribution in [0.15, 0.2) is 0 Å². The molecule has 2 aliphatic rings. The van der Waals surface area contributed by atoms with E-state index in [-0.39, 0.29) is 61.2 Å². The van der Waals surface area contributed by atoms with Gasteiger partial charge in [0.25, 0.3) is 0 Å². The highest BCUT2D eigenvalue weighted by molar-refractivity contribution is 8.00. The zero-order chi connectivity index (χ0) is 13.3. The van der Waals surface area contributed by atoms with Crippen molar-refractivity contribution in [1.29, 1.82) is 0 Å². The number of likely N-dealkylation sites (tertiary alicyclic amines) is 2. The molecule has 2 aliphatic heterocycles. The molecule has 0 bridgehead atoms. The lowest BCUT2D eigenvalue weighted by atomic mass is 10.4. The van der Waals surface area contributed by atoms with Crippen LogP contribution in [0.1, 0.15) is 19.3 Å². The Bertz CT molecular complexity index is 407. The van der Waals surface area contributed by atoms with Gasteiger partial charge in [-0.2, -0.15) is 11.8 Å². The third kappa shape index (κ3) is 2.27. The normalized spacial score (nSPS) is 24.6. The van der Waals surface area contributed by atoms with Gasteiger partial charge >= 0.3 is 0 Å². The van der Waals surface area contributed by atoms with Gasteiger partial charge in [-0.25, -0.2) is 0 Å². The maximum atomic E-state index is 11.8. The Hall–Kier alpha value is -1.37. The Morgan fingerprint density at radius 3 is 2.06 bits per heavy atom. The molecule has 4 amide bonds. The van der Waals surface area contributed by atoms with Crippen molar-refractivity contribution in [1.82, 2.24) is 9.80 Å². The molecule has 0 radical (unpaired) electrons. The highest BCUT2D eigenvalue weighted by Crippen LogP contribution is 2.23. The molecule has 0 aromatic heterocycles. The molecule has 0 aliphatic carbocycles. The van der Waals surface area contributed by atoms with Crippen LogP contribution in [-0.2, 0) is 19.2 Å². The maximum absolute atomic E-state index is 11.8. The van der Waals surface area contributed by atoms with Crippen molar-refractivity contribution in [3.8, 4) is 0 Å². The van der Waals surface area contributed by atoms with Gasteiger partial charge in [0.2, 0.25) is 23.6 Å². The van der Waals surface area contributed by atoms with E-state index in [2.05, 4.69) is 0 Å². The Morgan fingerprint density at radius 2 is 1.56 bits per heavy atom. The largest absolute Gasteiger partial charge is 0.281 e. The molecule has 0 aromatic carbocycles. The highest BCUT2D eigenvalue weighted by atomic mass is 32.2. The average Bonchev–Trinajstić information content (AvgIpc) is 2.80. The van der Waals surface area contributed by atoms with Crippen LogP contribution in [0.3, 0.4) is 0 Å². The molecule has 18 heavy (non-hydrogen) atoms. The summed E-state index contributed by atoms with van der Waals surface area (Å²) in [5.41, 5.74) is 0. The number of carbonyl (C=O) groups excluding carboxylic acids is 4. The van der Waals surface area contributed by atoms with Crippen molar-refractivity contribution < 1.29 is 19.2 Å². The van der Waals surface area contributed by atoms with Gasteiger partial charge in [0.1, 0.15) is 0 Å².